The van der Waals surface area contributed by atoms with E-state index < -0.39 is 20.9 Å². The van der Waals surface area contributed by atoms with Crippen LogP contribution < -0.4 is 5.32 Å². The van der Waals surface area contributed by atoms with Gasteiger partial charge in [0.05, 0.1) is 4.92 Å². The minimum absolute atomic E-state index is 0.0177. The maximum atomic E-state index is 12.6. The van der Waals surface area contributed by atoms with Crippen molar-refractivity contribution in [1.82, 2.24) is 14.6 Å². The van der Waals surface area contributed by atoms with E-state index >= 15 is 0 Å². The van der Waals surface area contributed by atoms with Gasteiger partial charge in [-0.1, -0.05) is 12.1 Å². The second-order valence-corrected chi connectivity index (χ2v) is 8.46. The number of pyridine rings is 1. The minimum atomic E-state index is -3.57. The summed E-state index contributed by atoms with van der Waals surface area (Å²) in [5, 5.41) is 13.8. The number of hydrogen-bond acceptors (Lipinski definition) is 6. The molecule has 9 nitrogen and oxygen atoms in total. The van der Waals surface area contributed by atoms with Crippen molar-refractivity contribution in [1.29, 1.82) is 0 Å². The molecule has 1 aromatic carbocycles. The average molecular weight is 404 g/mol. The molecule has 0 spiro atoms. The summed E-state index contributed by atoms with van der Waals surface area (Å²) in [7, 11) is -3.57. The van der Waals surface area contributed by atoms with Gasteiger partial charge in [-0.2, -0.15) is 4.31 Å². The first-order chi connectivity index (χ1) is 13.4. The third kappa shape index (κ3) is 4.34. The molecule has 1 aliphatic rings. The number of nitro benzene ring substituents is 1. The van der Waals surface area contributed by atoms with Gasteiger partial charge >= 0.3 is 0 Å². The number of carbonyl (C=O) groups is 1. The van der Waals surface area contributed by atoms with E-state index in [-0.39, 0.29) is 22.1 Å². The van der Waals surface area contributed by atoms with E-state index in [0.29, 0.717) is 32.5 Å². The van der Waals surface area contributed by atoms with Crippen molar-refractivity contribution in [2.24, 2.45) is 5.92 Å². The lowest BCUT2D eigenvalue weighted by Crippen LogP contribution is -2.41. The van der Waals surface area contributed by atoms with Crippen molar-refractivity contribution >= 4 is 21.6 Å². The molecule has 1 fully saturated rings. The van der Waals surface area contributed by atoms with Gasteiger partial charge in [0.25, 0.3) is 11.6 Å². The molecule has 1 saturated heterocycles. The van der Waals surface area contributed by atoms with Gasteiger partial charge in [0.15, 0.2) is 0 Å². The molecule has 3 rings (SSSR count). The van der Waals surface area contributed by atoms with E-state index in [9.17, 15) is 23.3 Å². The molecular formula is C18H20N4O5S. The maximum absolute atomic E-state index is 12.6. The molecule has 0 atom stereocenters. The molecular weight excluding hydrogens is 384 g/mol. The number of amides is 1. The van der Waals surface area contributed by atoms with Crippen LogP contribution in [-0.2, 0) is 10.0 Å². The van der Waals surface area contributed by atoms with Gasteiger partial charge < -0.3 is 5.32 Å². The number of rotatable bonds is 6. The van der Waals surface area contributed by atoms with Crippen LogP contribution >= 0.6 is 0 Å². The highest BCUT2D eigenvalue weighted by atomic mass is 32.2. The molecule has 28 heavy (non-hydrogen) atoms. The van der Waals surface area contributed by atoms with E-state index in [1.807, 2.05) is 0 Å². The Kier molecular flexibility index (Phi) is 6.00. The SMILES string of the molecule is O=C(NCC1CCN(S(=O)(=O)c2cccnc2)CC1)c1ccccc1[N+](=O)[O-]. The highest BCUT2D eigenvalue weighted by Gasteiger charge is 2.30. The smallest absolute Gasteiger partial charge is 0.282 e. The average Bonchev–Trinajstić information content (AvgIpc) is 2.73. The highest BCUT2D eigenvalue weighted by molar-refractivity contribution is 7.89. The number of piperidine rings is 1. The summed E-state index contributed by atoms with van der Waals surface area (Å²) in [4.78, 5) is 26.8. The van der Waals surface area contributed by atoms with Gasteiger partial charge in [0.1, 0.15) is 10.5 Å². The molecule has 10 heteroatoms. The van der Waals surface area contributed by atoms with Crippen molar-refractivity contribution in [3.63, 3.8) is 0 Å². The molecule has 0 unspecified atom stereocenters. The van der Waals surface area contributed by atoms with Crippen LogP contribution in [0, 0.1) is 16.0 Å². The Bertz CT molecular complexity index is 957. The molecule has 2 heterocycles. The standard InChI is InChI=1S/C18H20N4O5S/c23-18(16-5-1-2-6-17(16)22(24)25)20-12-14-7-10-21(11-8-14)28(26,27)15-4-3-9-19-13-15/h1-6,9,13-14H,7-8,10-12H2,(H,20,23). The summed E-state index contributed by atoms with van der Waals surface area (Å²) in [6.07, 6.45) is 4.03. The van der Waals surface area contributed by atoms with Crippen molar-refractivity contribution in [2.45, 2.75) is 17.7 Å². The zero-order chi connectivity index (χ0) is 20.1. The normalized spacial score (nSPS) is 15.9. The molecule has 1 aliphatic heterocycles. The number of nitrogens with zero attached hydrogens (tertiary/aromatic N) is 3. The first-order valence-corrected chi connectivity index (χ1v) is 10.3. The van der Waals surface area contributed by atoms with E-state index in [1.165, 1.54) is 41.0 Å². The van der Waals surface area contributed by atoms with Crippen LogP contribution in [0.15, 0.2) is 53.7 Å². The largest absolute Gasteiger partial charge is 0.352 e. The van der Waals surface area contributed by atoms with Gasteiger partial charge in [0, 0.05) is 38.1 Å². The van der Waals surface area contributed by atoms with Crippen LogP contribution in [0.3, 0.4) is 0 Å². The maximum Gasteiger partial charge on any atom is 0.282 e. The lowest BCUT2D eigenvalue weighted by molar-refractivity contribution is -0.385. The van der Waals surface area contributed by atoms with Crippen molar-refractivity contribution in [2.75, 3.05) is 19.6 Å². The van der Waals surface area contributed by atoms with Crippen molar-refractivity contribution < 1.29 is 18.1 Å². The van der Waals surface area contributed by atoms with Crippen LogP contribution in [0.5, 0.6) is 0 Å². The molecule has 1 N–H and O–H groups in total. The fourth-order valence-electron chi connectivity index (χ4n) is 3.16. The van der Waals surface area contributed by atoms with E-state index in [4.69, 9.17) is 0 Å². The topological polar surface area (TPSA) is 123 Å². The van der Waals surface area contributed by atoms with Crippen LogP contribution in [0.4, 0.5) is 5.69 Å². The van der Waals surface area contributed by atoms with Gasteiger partial charge in [-0.05, 0) is 37.0 Å². The highest BCUT2D eigenvalue weighted by Crippen LogP contribution is 2.23. The first kappa shape index (κ1) is 19.9. The Balaban J connectivity index is 1.55. The number of benzene rings is 1. The van der Waals surface area contributed by atoms with Gasteiger partial charge in [0.2, 0.25) is 10.0 Å². The summed E-state index contributed by atoms with van der Waals surface area (Å²) < 4.78 is 26.6. The molecule has 0 aliphatic carbocycles. The molecule has 0 bridgehead atoms. The Morgan fingerprint density at radius 2 is 1.93 bits per heavy atom. The number of para-hydroxylation sites is 1. The number of aromatic nitrogens is 1. The second kappa shape index (κ2) is 8.44. The Labute approximate surface area is 162 Å². The molecule has 1 amide bonds. The summed E-state index contributed by atoms with van der Waals surface area (Å²) in [5.74, 6) is -0.398. The summed E-state index contributed by atoms with van der Waals surface area (Å²) in [6, 6.07) is 8.88. The van der Waals surface area contributed by atoms with E-state index in [0.717, 1.165) is 0 Å². The number of sulfonamides is 1. The molecule has 2 aromatic rings. The van der Waals surface area contributed by atoms with Crippen LogP contribution in [0.25, 0.3) is 0 Å². The molecule has 1 aromatic heterocycles. The number of carbonyl (C=O) groups excluding carboxylic acids is 1. The van der Waals surface area contributed by atoms with Gasteiger partial charge in [-0.15, -0.1) is 0 Å². The second-order valence-electron chi connectivity index (χ2n) is 6.52. The summed E-state index contributed by atoms with van der Waals surface area (Å²) in [6.45, 7) is 1.04. The lowest BCUT2D eigenvalue weighted by Gasteiger charge is -2.31. The lowest BCUT2D eigenvalue weighted by atomic mass is 9.98. The zero-order valence-electron chi connectivity index (χ0n) is 15.0. The molecule has 148 valence electrons. The number of hydrogen-bond donors (Lipinski definition) is 1. The minimum Gasteiger partial charge on any atom is -0.352 e. The van der Waals surface area contributed by atoms with Crippen molar-refractivity contribution in [3.05, 3.63) is 64.5 Å². The first-order valence-electron chi connectivity index (χ1n) is 8.81. The molecule has 0 radical (unpaired) electrons. The quantitative estimate of drug-likeness (QED) is 0.579. The Morgan fingerprint density at radius 1 is 1.21 bits per heavy atom. The molecule has 0 saturated carbocycles. The van der Waals surface area contributed by atoms with E-state index in [1.54, 1.807) is 12.1 Å². The predicted molar refractivity (Wildman–Crippen MR) is 101 cm³/mol. The number of nitrogens with one attached hydrogen (secondary N) is 1. The fraction of sp³-hybridized carbons (Fsp3) is 0.333. The number of nitro groups is 1. The Hall–Kier alpha value is -2.85. The summed E-state index contributed by atoms with van der Waals surface area (Å²) in [5.41, 5.74) is -0.221. The van der Waals surface area contributed by atoms with Crippen molar-refractivity contribution in [3.8, 4) is 0 Å². The monoisotopic (exact) mass is 404 g/mol. The van der Waals surface area contributed by atoms with E-state index in [2.05, 4.69) is 10.3 Å². The Morgan fingerprint density at radius 3 is 2.57 bits per heavy atom. The summed E-state index contributed by atoms with van der Waals surface area (Å²) >= 11 is 0. The predicted octanol–water partition coefficient (Wildman–Crippen LogP) is 1.82. The zero-order valence-corrected chi connectivity index (χ0v) is 15.8. The van der Waals surface area contributed by atoms with Crippen LogP contribution in [0.2, 0.25) is 0 Å². The van der Waals surface area contributed by atoms with Crippen LogP contribution in [0.1, 0.15) is 23.2 Å². The third-order valence-corrected chi connectivity index (χ3v) is 6.62. The van der Waals surface area contributed by atoms with Gasteiger partial charge in [-0.25, -0.2) is 8.42 Å². The van der Waals surface area contributed by atoms with Gasteiger partial charge in [-0.3, -0.25) is 19.9 Å². The fourth-order valence-corrected chi connectivity index (χ4v) is 4.59. The van der Waals surface area contributed by atoms with Crippen LogP contribution in [-0.4, -0.2) is 48.2 Å². The third-order valence-electron chi connectivity index (χ3n) is 4.74.